The fourth-order valence-corrected chi connectivity index (χ4v) is 2.62. The van der Waals surface area contributed by atoms with E-state index in [1.807, 2.05) is 6.07 Å². The quantitative estimate of drug-likeness (QED) is 0.674. The highest BCUT2D eigenvalue weighted by Crippen LogP contribution is 2.23. The Labute approximate surface area is 144 Å². The highest BCUT2D eigenvalue weighted by Gasteiger charge is 2.17. The van der Waals surface area contributed by atoms with E-state index in [1.54, 1.807) is 36.1 Å². The van der Waals surface area contributed by atoms with Gasteiger partial charge in [-0.3, -0.25) is 14.5 Å². The number of benzene rings is 1. The molecule has 124 valence electrons. The number of aryl methyl sites for hydroxylation is 1. The lowest BCUT2D eigenvalue weighted by Gasteiger charge is -2.08. The van der Waals surface area contributed by atoms with Crippen LogP contribution in [-0.2, 0) is 18.1 Å². The van der Waals surface area contributed by atoms with Gasteiger partial charge in [0.1, 0.15) is 11.4 Å². The second-order valence-corrected chi connectivity index (χ2v) is 5.43. The first-order chi connectivity index (χ1) is 12.0. The largest absolute Gasteiger partial charge is 0.540 e. The summed E-state index contributed by atoms with van der Waals surface area (Å²) in [7, 11) is 6.75. The van der Waals surface area contributed by atoms with Gasteiger partial charge in [0.05, 0.1) is 5.56 Å². The Hall–Kier alpha value is -3.36. The monoisotopic (exact) mass is 335 g/mol. The number of nitrogen functional groups attached to an aromatic ring is 1. The number of H-pyrrole nitrogens is 1. The van der Waals surface area contributed by atoms with Crippen molar-refractivity contribution in [2.45, 2.75) is 6.42 Å². The van der Waals surface area contributed by atoms with Crippen LogP contribution in [0.15, 0.2) is 41.3 Å². The minimum atomic E-state index is -0.625. The summed E-state index contributed by atoms with van der Waals surface area (Å²) < 4.78 is 5.94. The molecule has 2 aromatic heterocycles. The summed E-state index contributed by atoms with van der Waals surface area (Å²) >= 11 is 0. The van der Waals surface area contributed by atoms with Crippen molar-refractivity contribution in [2.24, 2.45) is 7.05 Å². The molecule has 0 aliphatic carbocycles. The molecule has 3 aromatic rings. The fraction of sp³-hybridized carbons (Fsp3) is 0.125. The molecule has 0 saturated carbocycles. The number of nitrogens with two attached hydrogens (primary N) is 1. The topological polar surface area (TPSA) is 116 Å². The molecule has 0 fully saturated rings. The van der Waals surface area contributed by atoms with Crippen LogP contribution in [0.2, 0.25) is 0 Å². The molecule has 0 bridgehead atoms. The SMILES string of the molecule is [B]OC(=O)c1ccccc1Cc1cn(C)nc1-c1cc(=O)[nH]c(N)n1. The molecule has 9 heteroatoms. The number of aromatic amines is 1. The number of rotatable bonds is 4. The third-order valence-electron chi connectivity index (χ3n) is 3.63. The number of carbonyl (C=O) groups is 1. The molecular formula is C16H14BN5O3. The Balaban J connectivity index is 2.06. The second-order valence-electron chi connectivity index (χ2n) is 5.43. The number of carbonyl (C=O) groups excluding carboxylic acids is 1. The first-order valence-electron chi connectivity index (χ1n) is 7.36. The van der Waals surface area contributed by atoms with Gasteiger partial charge in [0.15, 0.2) is 0 Å². The molecule has 0 aliphatic rings. The summed E-state index contributed by atoms with van der Waals surface area (Å²) in [5.41, 5.74) is 7.96. The number of aromatic nitrogens is 4. The molecule has 0 aliphatic heterocycles. The van der Waals surface area contributed by atoms with E-state index in [0.29, 0.717) is 28.9 Å². The normalized spacial score (nSPS) is 10.6. The minimum Gasteiger partial charge on any atom is -0.540 e. The predicted octanol–water partition coefficient (Wildman–Crippen LogP) is 0.584. The maximum absolute atomic E-state index is 11.8. The third kappa shape index (κ3) is 3.44. The Morgan fingerprint density at radius 1 is 1.36 bits per heavy atom. The number of nitrogens with zero attached hydrogens (tertiary/aromatic N) is 3. The van der Waals surface area contributed by atoms with E-state index in [1.165, 1.54) is 6.07 Å². The van der Waals surface area contributed by atoms with Gasteiger partial charge in [-0.15, -0.1) is 0 Å². The molecule has 25 heavy (non-hydrogen) atoms. The van der Waals surface area contributed by atoms with Gasteiger partial charge in [0.2, 0.25) is 5.95 Å². The number of hydrogen-bond acceptors (Lipinski definition) is 6. The molecule has 0 spiro atoms. The number of hydrogen-bond donors (Lipinski definition) is 2. The van der Waals surface area contributed by atoms with Crippen LogP contribution in [-0.4, -0.2) is 33.8 Å². The van der Waals surface area contributed by atoms with Crippen LogP contribution < -0.4 is 11.3 Å². The van der Waals surface area contributed by atoms with Gasteiger partial charge in [-0.1, -0.05) is 18.2 Å². The average molecular weight is 335 g/mol. The van der Waals surface area contributed by atoms with Crippen molar-refractivity contribution in [2.75, 3.05) is 5.73 Å². The average Bonchev–Trinajstić information content (AvgIpc) is 2.94. The Kier molecular flexibility index (Phi) is 4.38. The van der Waals surface area contributed by atoms with Crippen LogP contribution in [0.25, 0.3) is 11.4 Å². The zero-order valence-electron chi connectivity index (χ0n) is 13.4. The van der Waals surface area contributed by atoms with Crippen LogP contribution in [0.1, 0.15) is 21.5 Å². The molecule has 0 saturated heterocycles. The molecule has 2 heterocycles. The summed E-state index contributed by atoms with van der Waals surface area (Å²) in [5, 5.41) is 4.36. The van der Waals surface area contributed by atoms with Crippen molar-refractivity contribution in [3.63, 3.8) is 0 Å². The summed E-state index contributed by atoms with van der Waals surface area (Å²) in [6.07, 6.45) is 2.17. The zero-order chi connectivity index (χ0) is 18.0. The molecule has 0 unspecified atom stereocenters. The first kappa shape index (κ1) is 16.5. The van der Waals surface area contributed by atoms with Crippen LogP contribution in [0.4, 0.5) is 5.95 Å². The summed E-state index contributed by atoms with van der Waals surface area (Å²) in [5.74, 6) is -0.620. The van der Waals surface area contributed by atoms with Crippen molar-refractivity contribution in [1.29, 1.82) is 0 Å². The molecule has 8 nitrogen and oxygen atoms in total. The van der Waals surface area contributed by atoms with Crippen LogP contribution >= 0.6 is 0 Å². The lowest BCUT2D eigenvalue weighted by atomic mass is 9.99. The van der Waals surface area contributed by atoms with Gasteiger partial charge in [0, 0.05) is 31.3 Å². The zero-order valence-corrected chi connectivity index (χ0v) is 13.4. The van der Waals surface area contributed by atoms with Crippen molar-refractivity contribution < 1.29 is 9.45 Å². The molecule has 0 atom stereocenters. The smallest absolute Gasteiger partial charge is 0.378 e. The minimum absolute atomic E-state index is 0.00575. The van der Waals surface area contributed by atoms with Crippen molar-refractivity contribution in [3.8, 4) is 11.4 Å². The summed E-state index contributed by atoms with van der Waals surface area (Å²) in [6.45, 7) is 0. The number of nitrogens with one attached hydrogen (secondary N) is 1. The predicted molar refractivity (Wildman–Crippen MR) is 91.9 cm³/mol. The Morgan fingerprint density at radius 3 is 2.84 bits per heavy atom. The molecule has 3 N–H and O–H groups in total. The third-order valence-corrected chi connectivity index (χ3v) is 3.63. The summed E-state index contributed by atoms with van der Waals surface area (Å²) in [4.78, 5) is 30.0. The maximum Gasteiger partial charge on any atom is 0.378 e. The highest BCUT2D eigenvalue weighted by atomic mass is 16.5. The lowest BCUT2D eigenvalue weighted by molar-refractivity contribution is 0.0748. The summed E-state index contributed by atoms with van der Waals surface area (Å²) in [6, 6.07) is 8.27. The van der Waals surface area contributed by atoms with E-state index in [2.05, 4.69) is 19.7 Å². The van der Waals surface area contributed by atoms with Gasteiger partial charge < -0.3 is 10.4 Å². The first-order valence-corrected chi connectivity index (χ1v) is 7.36. The molecule has 1 aromatic carbocycles. The van der Waals surface area contributed by atoms with Crippen LogP contribution in [0.3, 0.4) is 0 Å². The number of anilines is 1. The van der Waals surface area contributed by atoms with Crippen molar-refractivity contribution in [1.82, 2.24) is 19.7 Å². The van der Waals surface area contributed by atoms with Gasteiger partial charge in [-0.05, 0) is 11.6 Å². The fourth-order valence-electron chi connectivity index (χ4n) is 2.62. The van der Waals surface area contributed by atoms with E-state index in [0.717, 1.165) is 5.56 Å². The van der Waals surface area contributed by atoms with E-state index in [4.69, 9.17) is 13.8 Å². The molecule has 3 rings (SSSR count). The van der Waals surface area contributed by atoms with Crippen molar-refractivity contribution >= 4 is 20.0 Å². The molecule has 0 amide bonds. The van der Waals surface area contributed by atoms with Gasteiger partial charge in [0.25, 0.3) is 5.56 Å². The van der Waals surface area contributed by atoms with Crippen LogP contribution in [0.5, 0.6) is 0 Å². The van der Waals surface area contributed by atoms with E-state index < -0.39 is 5.97 Å². The van der Waals surface area contributed by atoms with E-state index in [-0.39, 0.29) is 11.5 Å². The Bertz CT molecular complexity index is 995. The maximum atomic E-state index is 11.8. The van der Waals surface area contributed by atoms with Crippen LogP contribution in [0, 0.1) is 0 Å². The van der Waals surface area contributed by atoms with E-state index in [9.17, 15) is 9.59 Å². The second kappa shape index (κ2) is 6.64. The van der Waals surface area contributed by atoms with Gasteiger partial charge in [-0.25, -0.2) is 9.78 Å². The highest BCUT2D eigenvalue weighted by molar-refractivity contribution is 6.09. The molecular weight excluding hydrogens is 321 g/mol. The lowest BCUT2D eigenvalue weighted by Crippen LogP contribution is -2.11. The van der Waals surface area contributed by atoms with E-state index >= 15 is 0 Å². The standard InChI is InChI=1S/C16H14BN5O3/c1-22-8-10(6-9-4-2-3-5-11(9)15(24)25-17)14(21-22)12-7-13(23)20-16(18)19-12/h2-5,7-8H,6H2,1H3,(H3,18,19,20,23). The molecule has 2 radical (unpaired) electrons. The van der Waals surface area contributed by atoms with Gasteiger partial charge in [-0.2, -0.15) is 5.10 Å². The Morgan fingerprint density at radius 2 is 2.12 bits per heavy atom. The van der Waals surface area contributed by atoms with Crippen molar-refractivity contribution in [3.05, 3.63) is 63.6 Å². The van der Waals surface area contributed by atoms with Gasteiger partial charge >= 0.3 is 14.0 Å².